The van der Waals surface area contributed by atoms with Crippen LogP contribution in [-0.4, -0.2) is 19.1 Å². The van der Waals surface area contributed by atoms with E-state index in [0.29, 0.717) is 15.8 Å². The Hall–Kier alpha value is -1.86. The smallest absolute Gasteiger partial charge is 0.323 e. The number of carbonyl (C=O) groups excluding carboxylic acids is 2. The SMILES string of the molecule is COC(=O)Cc1ccc(NC(=O)Nc2ccccc2Br)c(Br)c1. The van der Waals surface area contributed by atoms with Gasteiger partial charge in [0, 0.05) is 8.95 Å². The molecule has 0 aliphatic heterocycles. The summed E-state index contributed by atoms with van der Waals surface area (Å²) in [5.74, 6) is -0.315. The van der Waals surface area contributed by atoms with Crippen LogP contribution in [0.2, 0.25) is 0 Å². The monoisotopic (exact) mass is 440 g/mol. The van der Waals surface area contributed by atoms with Crippen LogP contribution in [0.3, 0.4) is 0 Å². The lowest BCUT2D eigenvalue weighted by Crippen LogP contribution is -2.20. The van der Waals surface area contributed by atoms with Crippen molar-refractivity contribution in [2.24, 2.45) is 0 Å². The molecule has 0 bridgehead atoms. The number of ether oxygens (including phenoxy) is 1. The lowest BCUT2D eigenvalue weighted by molar-refractivity contribution is -0.139. The van der Waals surface area contributed by atoms with E-state index in [1.807, 2.05) is 18.2 Å². The molecule has 5 nitrogen and oxygen atoms in total. The number of hydrogen-bond donors (Lipinski definition) is 2. The molecule has 0 aliphatic carbocycles. The van der Waals surface area contributed by atoms with E-state index < -0.39 is 0 Å². The van der Waals surface area contributed by atoms with E-state index in [1.54, 1.807) is 24.3 Å². The predicted octanol–water partition coefficient (Wildman–Crippen LogP) is 4.57. The van der Waals surface area contributed by atoms with Crippen molar-refractivity contribution in [1.29, 1.82) is 0 Å². The second-order valence-electron chi connectivity index (χ2n) is 4.63. The molecule has 0 atom stereocenters. The molecule has 120 valence electrons. The number of hydrogen-bond acceptors (Lipinski definition) is 3. The molecule has 0 spiro atoms. The van der Waals surface area contributed by atoms with E-state index >= 15 is 0 Å². The van der Waals surface area contributed by atoms with Gasteiger partial charge in [-0.25, -0.2) is 4.79 Å². The first-order valence-corrected chi connectivity index (χ1v) is 8.26. The van der Waals surface area contributed by atoms with Crippen LogP contribution in [0.4, 0.5) is 16.2 Å². The van der Waals surface area contributed by atoms with Crippen LogP contribution in [0.15, 0.2) is 51.4 Å². The van der Waals surface area contributed by atoms with Gasteiger partial charge in [-0.15, -0.1) is 0 Å². The molecule has 0 heterocycles. The van der Waals surface area contributed by atoms with Gasteiger partial charge in [0.2, 0.25) is 0 Å². The second-order valence-corrected chi connectivity index (χ2v) is 6.33. The molecule has 0 radical (unpaired) electrons. The van der Waals surface area contributed by atoms with Gasteiger partial charge in [-0.1, -0.05) is 18.2 Å². The molecule has 2 N–H and O–H groups in total. The van der Waals surface area contributed by atoms with Crippen LogP contribution in [-0.2, 0) is 16.0 Å². The molecule has 23 heavy (non-hydrogen) atoms. The number of anilines is 2. The summed E-state index contributed by atoms with van der Waals surface area (Å²) < 4.78 is 6.10. The molecule has 0 aliphatic rings. The number of urea groups is 1. The lowest BCUT2D eigenvalue weighted by Gasteiger charge is -2.11. The number of esters is 1. The third-order valence-electron chi connectivity index (χ3n) is 2.98. The van der Waals surface area contributed by atoms with E-state index in [1.165, 1.54) is 7.11 Å². The zero-order valence-electron chi connectivity index (χ0n) is 12.2. The summed E-state index contributed by atoms with van der Waals surface area (Å²) in [5.41, 5.74) is 2.06. The zero-order valence-corrected chi connectivity index (χ0v) is 15.4. The van der Waals surface area contributed by atoms with Crippen molar-refractivity contribution < 1.29 is 14.3 Å². The first-order valence-electron chi connectivity index (χ1n) is 6.67. The van der Waals surface area contributed by atoms with Gasteiger partial charge in [-0.05, 0) is 61.7 Å². The zero-order chi connectivity index (χ0) is 16.8. The van der Waals surface area contributed by atoms with Crippen LogP contribution < -0.4 is 10.6 Å². The van der Waals surface area contributed by atoms with Gasteiger partial charge in [0.1, 0.15) is 0 Å². The highest BCUT2D eigenvalue weighted by molar-refractivity contribution is 9.11. The van der Waals surface area contributed by atoms with E-state index in [9.17, 15) is 9.59 Å². The lowest BCUT2D eigenvalue weighted by atomic mass is 10.1. The van der Waals surface area contributed by atoms with Gasteiger partial charge in [-0.2, -0.15) is 0 Å². The number of halogens is 2. The van der Waals surface area contributed by atoms with Gasteiger partial charge in [0.25, 0.3) is 0 Å². The number of amides is 2. The van der Waals surface area contributed by atoms with Crippen molar-refractivity contribution in [1.82, 2.24) is 0 Å². The molecular weight excluding hydrogens is 428 g/mol. The summed E-state index contributed by atoms with van der Waals surface area (Å²) >= 11 is 6.75. The van der Waals surface area contributed by atoms with E-state index in [-0.39, 0.29) is 18.4 Å². The summed E-state index contributed by atoms with van der Waals surface area (Å²) in [6.07, 6.45) is 0.179. The van der Waals surface area contributed by atoms with Crippen molar-refractivity contribution in [3.63, 3.8) is 0 Å². The van der Waals surface area contributed by atoms with Crippen LogP contribution in [0.25, 0.3) is 0 Å². The van der Waals surface area contributed by atoms with Crippen LogP contribution in [0.1, 0.15) is 5.56 Å². The van der Waals surface area contributed by atoms with Gasteiger partial charge < -0.3 is 15.4 Å². The summed E-state index contributed by atoms with van der Waals surface area (Å²) in [4.78, 5) is 23.3. The quantitative estimate of drug-likeness (QED) is 0.682. The van der Waals surface area contributed by atoms with Crippen molar-refractivity contribution in [2.75, 3.05) is 17.7 Å². The second kappa shape index (κ2) is 8.12. The fraction of sp³-hybridized carbons (Fsp3) is 0.125. The summed E-state index contributed by atoms with van der Waals surface area (Å²) in [5, 5.41) is 5.50. The summed E-state index contributed by atoms with van der Waals surface area (Å²) in [7, 11) is 1.35. The molecule has 2 aromatic carbocycles. The Bertz CT molecular complexity index is 735. The standard InChI is InChI=1S/C16H14Br2N2O3/c1-23-15(21)9-10-6-7-14(12(18)8-10)20-16(22)19-13-5-3-2-4-11(13)17/h2-8H,9H2,1H3,(H2,19,20,22). The summed E-state index contributed by atoms with van der Waals surface area (Å²) in [6, 6.07) is 12.2. The first-order chi connectivity index (χ1) is 11.0. The maximum absolute atomic E-state index is 12.1. The van der Waals surface area contributed by atoms with Gasteiger partial charge in [-0.3, -0.25) is 4.79 Å². The minimum atomic E-state index is -0.363. The minimum Gasteiger partial charge on any atom is -0.469 e. The Morgan fingerprint density at radius 2 is 1.65 bits per heavy atom. The molecular formula is C16H14Br2N2O3. The molecule has 0 fully saturated rings. The number of benzene rings is 2. The number of carbonyl (C=O) groups is 2. The Balaban J connectivity index is 2.04. The van der Waals surface area contributed by atoms with E-state index in [2.05, 4.69) is 47.2 Å². The Morgan fingerprint density at radius 1 is 1.00 bits per heavy atom. The van der Waals surface area contributed by atoms with E-state index in [0.717, 1.165) is 10.0 Å². The molecule has 0 saturated heterocycles. The highest BCUT2D eigenvalue weighted by Crippen LogP contribution is 2.25. The molecule has 7 heteroatoms. The molecule has 0 saturated carbocycles. The fourth-order valence-corrected chi connectivity index (χ4v) is 2.76. The number of methoxy groups -OCH3 is 1. The molecule has 2 aromatic rings. The molecule has 2 rings (SSSR count). The van der Waals surface area contributed by atoms with Crippen molar-refractivity contribution >= 4 is 55.2 Å². The number of para-hydroxylation sites is 1. The third kappa shape index (κ3) is 5.07. The van der Waals surface area contributed by atoms with Gasteiger partial charge >= 0.3 is 12.0 Å². The van der Waals surface area contributed by atoms with Crippen molar-refractivity contribution in [3.05, 3.63) is 57.0 Å². The van der Waals surface area contributed by atoms with E-state index in [4.69, 9.17) is 0 Å². The average molecular weight is 442 g/mol. The normalized spacial score (nSPS) is 10.0. The Labute approximate surface area is 150 Å². The van der Waals surface area contributed by atoms with Crippen molar-refractivity contribution in [3.8, 4) is 0 Å². The molecule has 2 amide bonds. The minimum absolute atomic E-state index is 0.179. The summed E-state index contributed by atoms with van der Waals surface area (Å²) in [6.45, 7) is 0. The largest absolute Gasteiger partial charge is 0.469 e. The van der Waals surface area contributed by atoms with Crippen LogP contribution >= 0.6 is 31.9 Å². The number of nitrogens with one attached hydrogen (secondary N) is 2. The molecule has 0 aromatic heterocycles. The maximum atomic E-state index is 12.1. The topological polar surface area (TPSA) is 67.4 Å². The fourth-order valence-electron chi connectivity index (χ4n) is 1.85. The van der Waals surface area contributed by atoms with Gasteiger partial charge in [0.05, 0.1) is 24.9 Å². The number of rotatable bonds is 4. The van der Waals surface area contributed by atoms with Crippen LogP contribution in [0.5, 0.6) is 0 Å². The highest BCUT2D eigenvalue weighted by Gasteiger charge is 2.09. The highest BCUT2D eigenvalue weighted by atomic mass is 79.9. The van der Waals surface area contributed by atoms with Crippen LogP contribution in [0, 0.1) is 0 Å². The first kappa shape index (κ1) is 17.5. The van der Waals surface area contributed by atoms with Crippen molar-refractivity contribution in [2.45, 2.75) is 6.42 Å². The Morgan fingerprint density at radius 3 is 2.26 bits per heavy atom. The molecule has 0 unspecified atom stereocenters. The third-order valence-corrected chi connectivity index (χ3v) is 4.33. The maximum Gasteiger partial charge on any atom is 0.323 e. The predicted molar refractivity (Wildman–Crippen MR) is 96.6 cm³/mol. The Kier molecular flexibility index (Phi) is 6.18. The van der Waals surface area contributed by atoms with Gasteiger partial charge in [0.15, 0.2) is 0 Å². The average Bonchev–Trinajstić information content (AvgIpc) is 2.52.